The van der Waals surface area contributed by atoms with Gasteiger partial charge in [0.25, 0.3) is 0 Å². The van der Waals surface area contributed by atoms with Crippen molar-refractivity contribution in [2.75, 3.05) is 0 Å². The number of sulfonamides is 1. The topological polar surface area (TPSA) is 119 Å². The molecular formula is C20H33ClN6O3S. The molecule has 4 unspecified atom stereocenters. The molecule has 2 N–H and O–H groups in total. The van der Waals surface area contributed by atoms with Gasteiger partial charge in [-0.3, -0.25) is 4.79 Å². The van der Waals surface area contributed by atoms with Crippen molar-refractivity contribution < 1.29 is 13.2 Å². The molecule has 3 aliphatic rings. The van der Waals surface area contributed by atoms with Crippen molar-refractivity contribution in [2.24, 2.45) is 5.92 Å². The second-order valence-corrected chi connectivity index (χ2v) is 12.0. The van der Waals surface area contributed by atoms with E-state index in [1.54, 1.807) is 11.0 Å². The summed E-state index contributed by atoms with van der Waals surface area (Å²) in [5.74, 6) is -0.0435. The first-order chi connectivity index (χ1) is 14.9. The van der Waals surface area contributed by atoms with Crippen LogP contribution in [-0.4, -0.2) is 57.2 Å². The molecule has 0 aliphatic heterocycles. The maximum atomic E-state index is 13.0. The Morgan fingerprint density at radius 3 is 2.48 bits per heavy atom. The predicted molar refractivity (Wildman–Crippen MR) is 117 cm³/mol. The van der Waals surface area contributed by atoms with E-state index in [0.717, 1.165) is 64.2 Å². The van der Waals surface area contributed by atoms with E-state index in [9.17, 15) is 13.2 Å². The standard InChI is InChI=1S/C20H33ClN6O3S/c21-15-7-9-16(10-8-15)24-31(29,30)19-6-2-4-17(12-19)23-20(28)14-3-1-5-18(11-14)27-13-22-25-26-27/h13-19,24H,1-12H2,(H,23,28). The van der Waals surface area contributed by atoms with Crippen molar-refractivity contribution in [1.82, 2.24) is 30.2 Å². The summed E-state index contributed by atoms with van der Waals surface area (Å²) in [6.45, 7) is 0. The van der Waals surface area contributed by atoms with E-state index in [1.165, 1.54) is 0 Å². The van der Waals surface area contributed by atoms with Crippen molar-refractivity contribution >= 4 is 27.5 Å². The van der Waals surface area contributed by atoms with Crippen LogP contribution in [-0.2, 0) is 14.8 Å². The Kier molecular flexibility index (Phi) is 7.48. The lowest BCUT2D eigenvalue weighted by atomic mass is 9.84. The van der Waals surface area contributed by atoms with Gasteiger partial charge in [-0.2, -0.15) is 0 Å². The Hall–Kier alpha value is -1.26. The average molecular weight is 473 g/mol. The summed E-state index contributed by atoms with van der Waals surface area (Å²) in [5.41, 5.74) is 0. The van der Waals surface area contributed by atoms with Crippen LogP contribution in [0.3, 0.4) is 0 Å². The third kappa shape index (κ3) is 5.96. The molecule has 31 heavy (non-hydrogen) atoms. The Bertz CT molecular complexity index is 828. The number of aromatic nitrogens is 4. The highest BCUT2D eigenvalue weighted by Crippen LogP contribution is 2.33. The highest BCUT2D eigenvalue weighted by atomic mass is 35.5. The SMILES string of the molecule is O=C(NC1CCCC(S(=O)(=O)NC2CCC(Cl)CC2)C1)C1CCCC(n2cnnn2)C1. The molecule has 174 valence electrons. The van der Waals surface area contributed by atoms with Crippen LogP contribution in [0, 0.1) is 5.92 Å². The molecule has 9 nitrogen and oxygen atoms in total. The van der Waals surface area contributed by atoms with Crippen molar-refractivity contribution in [1.29, 1.82) is 0 Å². The Morgan fingerprint density at radius 2 is 1.74 bits per heavy atom. The van der Waals surface area contributed by atoms with Crippen molar-refractivity contribution in [3.05, 3.63) is 6.33 Å². The molecular weight excluding hydrogens is 440 g/mol. The zero-order valence-electron chi connectivity index (χ0n) is 17.8. The summed E-state index contributed by atoms with van der Waals surface area (Å²) in [6.07, 6.45) is 11.2. The molecule has 0 radical (unpaired) electrons. The summed E-state index contributed by atoms with van der Waals surface area (Å²) >= 11 is 6.14. The van der Waals surface area contributed by atoms with Crippen LogP contribution >= 0.6 is 11.6 Å². The lowest BCUT2D eigenvalue weighted by molar-refractivity contribution is -0.127. The summed E-state index contributed by atoms with van der Waals surface area (Å²) in [5, 5.41) is 14.3. The van der Waals surface area contributed by atoms with Crippen LogP contribution in [0.5, 0.6) is 0 Å². The summed E-state index contributed by atoms with van der Waals surface area (Å²) < 4.78 is 30.6. The number of hydrogen-bond donors (Lipinski definition) is 2. The maximum absolute atomic E-state index is 13.0. The van der Waals surface area contributed by atoms with E-state index in [0.29, 0.717) is 12.8 Å². The number of alkyl halides is 1. The maximum Gasteiger partial charge on any atom is 0.223 e. The molecule has 3 saturated carbocycles. The van der Waals surface area contributed by atoms with Crippen LogP contribution in [0.1, 0.15) is 83.1 Å². The van der Waals surface area contributed by atoms with Crippen molar-refractivity contribution in [2.45, 2.75) is 106 Å². The van der Waals surface area contributed by atoms with Crippen molar-refractivity contribution in [3.8, 4) is 0 Å². The molecule has 1 aromatic heterocycles. The molecule has 4 atom stereocenters. The number of halogens is 1. The first-order valence-electron chi connectivity index (χ1n) is 11.6. The molecule has 3 aliphatic carbocycles. The smallest absolute Gasteiger partial charge is 0.223 e. The minimum Gasteiger partial charge on any atom is -0.353 e. The third-order valence-corrected chi connectivity index (χ3v) is 9.56. The molecule has 0 aromatic carbocycles. The Labute approximate surface area is 189 Å². The fourth-order valence-corrected chi connectivity index (χ4v) is 7.46. The van der Waals surface area contributed by atoms with Gasteiger partial charge in [0.2, 0.25) is 15.9 Å². The Morgan fingerprint density at radius 1 is 0.968 bits per heavy atom. The number of carbonyl (C=O) groups is 1. The second kappa shape index (κ2) is 10.1. The lowest BCUT2D eigenvalue weighted by Crippen LogP contribution is -2.48. The van der Waals surface area contributed by atoms with E-state index >= 15 is 0 Å². The number of amides is 1. The third-order valence-electron chi connectivity index (χ3n) is 7.16. The number of hydrogen-bond acceptors (Lipinski definition) is 6. The highest BCUT2D eigenvalue weighted by molar-refractivity contribution is 7.90. The summed E-state index contributed by atoms with van der Waals surface area (Å²) in [6, 6.07) is 0.0430. The van der Waals surface area contributed by atoms with Gasteiger partial charge in [0.15, 0.2) is 0 Å². The van der Waals surface area contributed by atoms with E-state index in [-0.39, 0.29) is 35.3 Å². The van der Waals surface area contributed by atoms with Gasteiger partial charge in [-0.15, -0.1) is 16.7 Å². The molecule has 3 fully saturated rings. The first kappa shape index (κ1) is 22.9. The quantitative estimate of drug-likeness (QED) is 0.613. The van der Waals surface area contributed by atoms with Crippen LogP contribution < -0.4 is 10.0 Å². The van der Waals surface area contributed by atoms with Gasteiger partial charge in [0.1, 0.15) is 6.33 Å². The minimum absolute atomic E-state index is 0.0135. The molecule has 1 amide bonds. The normalized spacial score (nSPS) is 34.9. The molecule has 0 saturated heterocycles. The number of tetrazole rings is 1. The van der Waals surface area contributed by atoms with E-state index < -0.39 is 15.3 Å². The molecule has 11 heteroatoms. The molecule has 1 heterocycles. The van der Waals surface area contributed by atoms with Gasteiger partial charge in [0, 0.05) is 23.4 Å². The van der Waals surface area contributed by atoms with Gasteiger partial charge >= 0.3 is 0 Å². The van der Waals surface area contributed by atoms with Crippen LogP contribution in [0.2, 0.25) is 0 Å². The van der Waals surface area contributed by atoms with Crippen LogP contribution in [0.4, 0.5) is 0 Å². The van der Waals surface area contributed by atoms with Gasteiger partial charge in [-0.05, 0) is 74.6 Å². The average Bonchev–Trinajstić information content (AvgIpc) is 3.31. The number of rotatable bonds is 6. The molecule has 1 aromatic rings. The van der Waals surface area contributed by atoms with Gasteiger partial charge in [-0.25, -0.2) is 17.8 Å². The fraction of sp³-hybridized carbons (Fsp3) is 0.900. The van der Waals surface area contributed by atoms with Crippen LogP contribution in [0.25, 0.3) is 0 Å². The van der Waals surface area contributed by atoms with Gasteiger partial charge in [0.05, 0.1) is 11.3 Å². The zero-order valence-corrected chi connectivity index (χ0v) is 19.4. The van der Waals surface area contributed by atoms with E-state index in [2.05, 4.69) is 25.6 Å². The van der Waals surface area contributed by atoms with Gasteiger partial charge < -0.3 is 5.32 Å². The molecule has 0 spiro atoms. The summed E-state index contributed by atoms with van der Waals surface area (Å²) in [4.78, 5) is 12.9. The second-order valence-electron chi connectivity index (χ2n) is 9.41. The van der Waals surface area contributed by atoms with E-state index in [4.69, 9.17) is 11.6 Å². The van der Waals surface area contributed by atoms with E-state index in [1.807, 2.05) is 0 Å². The first-order valence-corrected chi connectivity index (χ1v) is 13.6. The largest absolute Gasteiger partial charge is 0.353 e. The molecule has 4 rings (SSSR count). The zero-order chi connectivity index (χ0) is 21.8. The van der Waals surface area contributed by atoms with Crippen molar-refractivity contribution in [3.63, 3.8) is 0 Å². The predicted octanol–water partition coefficient (Wildman–Crippen LogP) is 2.30. The number of nitrogens with zero attached hydrogens (tertiary/aromatic N) is 4. The fourth-order valence-electron chi connectivity index (χ4n) is 5.35. The van der Waals surface area contributed by atoms with Crippen LogP contribution in [0.15, 0.2) is 6.33 Å². The number of carbonyl (C=O) groups excluding carboxylic acids is 1. The molecule has 0 bridgehead atoms. The summed E-state index contributed by atoms with van der Waals surface area (Å²) in [7, 11) is -3.40. The Balaban J connectivity index is 1.29. The number of nitrogens with one attached hydrogen (secondary N) is 2. The minimum atomic E-state index is -3.40. The monoisotopic (exact) mass is 472 g/mol. The van der Waals surface area contributed by atoms with Gasteiger partial charge in [-0.1, -0.05) is 12.8 Å². The lowest BCUT2D eigenvalue weighted by Gasteiger charge is -2.34. The highest BCUT2D eigenvalue weighted by Gasteiger charge is 2.36.